The lowest BCUT2D eigenvalue weighted by Crippen LogP contribution is -2.23. The number of hydrogen-bond donors (Lipinski definition) is 2. The zero-order chi connectivity index (χ0) is 15.2. The number of anilines is 2. The molecule has 2 rings (SSSR count). The van der Waals surface area contributed by atoms with Gasteiger partial charge in [0.1, 0.15) is 5.15 Å². The molecule has 0 aliphatic heterocycles. The van der Waals surface area contributed by atoms with Crippen molar-refractivity contribution in [1.82, 2.24) is 10.5 Å². The van der Waals surface area contributed by atoms with Gasteiger partial charge in [0.25, 0.3) is 5.91 Å². The lowest BCUT2D eigenvalue weighted by atomic mass is 10.2. The number of hydrogen-bond acceptors (Lipinski definition) is 5. The number of thioether (sulfide) groups is 1. The van der Waals surface area contributed by atoms with Gasteiger partial charge in [-0.1, -0.05) is 23.7 Å². The van der Waals surface area contributed by atoms with Crippen molar-refractivity contribution in [2.75, 3.05) is 18.7 Å². The molecule has 0 radical (unpaired) electrons. The molecule has 0 saturated heterocycles. The highest BCUT2D eigenvalue weighted by molar-refractivity contribution is 7.98. The van der Waals surface area contributed by atoms with Crippen LogP contribution in [0.3, 0.4) is 0 Å². The van der Waals surface area contributed by atoms with Crippen molar-refractivity contribution in [3.63, 3.8) is 0 Å². The van der Waals surface area contributed by atoms with Crippen LogP contribution in [0.25, 0.3) is 0 Å². The minimum Gasteiger partial charge on any atom is -0.354 e. The third-order valence-corrected chi connectivity index (χ3v) is 3.69. The number of aromatic nitrogens is 1. The summed E-state index contributed by atoms with van der Waals surface area (Å²) in [4.78, 5) is 21.6. The molecule has 21 heavy (non-hydrogen) atoms. The van der Waals surface area contributed by atoms with Crippen molar-refractivity contribution in [2.45, 2.75) is 4.90 Å². The molecular weight excluding hydrogens is 310 g/mol. The number of pyridine rings is 1. The van der Waals surface area contributed by atoms with Gasteiger partial charge in [0, 0.05) is 11.1 Å². The normalized spacial score (nSPS) is 10.2. The van der Waals surface area contributed by atoms with Crippen LogP contribution in [0.4, 0.5) is 11.4 Å². The van der Waals surface area contributed by atoms with E-state index in [1.807, 2.05) is 30.5 Å². The zero-order valence-corrected chi connectivity index (χ0v) is 13.1. The molecule has 0 aliphatic rings. The first kappa shape index (κ1) is 15.6. The van der Waals surface area contributed by atoms with E-state index < -0.39 is 5.91 Å². The average molecular weight is 324 g/mol. The van der Waals surface area contributed by atoms with Gasteiger partial charge in [0.15, 0.2) is 0 Å². The Kier molecular flexibility index (Phi) is 5.44. The van der Waals surface area contributed by atoms with Crippen LogP contribution in [0.15, 0.2) is 41.4 Å². The Labute approximate surface area is 132 Å². The number of carbonyl (C=O) groups is 1. The number of nitrogens with zero attached hydrogens (tertiary/aromatic N) is 1. The van der Waals surface area contributed by atoms with Crippen molar-refractivity contribution < 1.29 is 9.63 Å². The van der Waals surface area contributed by atoms with Gasteiger partial charge in [-0.15, -0.1) is 11.8 Å². The fraction of sp³-hybridized carbons (Fsp3) is 0.143. The number of para-hydroxylation sites is 1. The van der Waals surface area contributed by atoms with Gasteiger partial charge in [0.2, 0.25) is 0 Å². The predicted molar refractivity (Wildman–Crippen MR) is 85.2 cm³/mol. The molecule has 0 unspecified atom stereocenters. The molecule has 0 saturated carbocycles. The van der Waals surface area contributed by atoms with Gasteiger partial charge in [-0.3, -0.25) is 9.63 Å². The molecule has 0 fully saturated rings. The molecule has 110 valence electrons. The van der Waals surface area contributed by atoms with Crippen molar-refractivity contribution in [1.29, 1.82) is 0 Å². The summed E-state index contributed by atoms with van der Waals surface area (Å²) in [5.74, 6) is -0.397. The molecule has 0 bridgehead atoms. The Bertz CT molecular complexity index is 652. The first-order valence-corrected chi connectivity index (χ1v) is 7.65. The molecule has 2 aromatic rings. The smallest absolute Gasteiger partial charge is 0.278 e. The van der Waals surface area contributed by atoms with Crippen LogP contribution in [0.1, 0.15) is 10.4 Å². The minimum absolute atomic E-state index is 0.299. The maximum atomic E-state index is 12.0. The molecule has 0 atom stereocenters. The molecule has 5 nitrogen and oxygen atoms in total. The van der Waals surface area contributed by atoms with E-state index in [-0.39, 0.29) is 0 Å². The molecule has 1 aromatic heterocycles. The van der Waals surface area contributed by atoms with E-state index in [9.17, 15) is 4.79 Å². The van der Waals surface area contributed by atoms with Crippen molar-refractivity contribution in [3.8, 4) is 0 Å². The summed E-state index contributed by atoms with van der Waals surface area (Å²) in [6.07, 6.45) is 3.39. The quantitative estimate of drug-likeness (QED) is 0.501. The topological polar surface area (TPSA) is 63.2 Å². The number of amides is 1. The van der Waals surface area contributed by atoms with Crippen LogP contribution < -0.4 is 10.8 Å². The third kappa shape index (κ3) is 3.87. The number of carbonyl (C=O) groups excluding carboxylic acids is 1. The maximum absolute atomic E-state index is 12.0. The Morgan fingerprint density at radius 2 is 2.10 bits per heavy atom. The predicted octanol–water partition coefficient (Wildman–Crippen LogP) is 3.49. The maximum Gasteiger partial charge on any atom is 0.278 e. The summed E-state index contributed by atoms with van der Waals surface area (Å²) < 4.78 is 0. The summed E-state index contributed by atoms with van der Waals surface area (Å²) in [7, 11) is 1.37. The molecule has 1 aromatic carbocycles. The zero-order valence-electron chi connectivity index (χ0n) is 11.5. The Morgan fingerprint density at radius 1 is 1.33 bits per heavy atom. The van der Waals surface area contributed by atoms with Gasteiger partial charge in [-0.05, 0) is 24.5 Å². The van der Waals surface area contributed by atoms with Gasteiger partial charge in [-0.25, -0.2) is 10.5 Å². The second-order valence-electron chi connectivity index (χ2n) is 4.01. The fourth-order valence-corrected chi connectivity index (χ4v) is 2.47. The molecule has 2 N–H and O–H groups in total. The van der Waals surface area contributed by atoms with Gasteiger partial charge < -0.3 is 5.32 Å². The second kappa shape index (κ2) is 7.31. The largest absolute Gasteiger partial charge is 0.354 e. The van der Waals surface area contributed by atoms with Crippen LogP contribution >= 0.6 is 23.4 Å². The fourth-order valence-electron chi connectivity index (χ4n) is 1.75. The van der Waals surface area contributed by atoms with Crippen LogP contribution in [-0.4, -0.2) is 24.3 Å². The lowest BCUT2D eigenvalue weighted by Gasteiger charge is -2.14. The second-order valence-corrected chi connectivity index (χ2v) is 5.25. The summed E-state index contributed by atoms with van der Waals surface area (Å²) in [5, 5.41) is 3.51. The van der Waals surface area contributed by atoms with Crippen molar-refractivity contribution >= 4 is 40.6 Å². The summed E-state index contributed by atoms with van der Waals surface area (Å²) in [5.41, 5.74) is 4.06. The number of nitrogens with one attached hydrogen (secondary N) is 2. The van der Waals surface area contributed by atoms with E-state index in [4.69, 9.17) is 11.6 Å². The number of halogens is 1. The SMILES string of the molecule is CONC(=O)c1cnc(Cl)cc1Nc1ccccc1SC. The van der Waals surface area contributed by atoms with E-state index in [0.717, 1.165) is 10.6 Å². The van der Waals surface area contributed by atoms with E-state index in [0.29, 0.717) is 16.4 Å². The first-order valence-electron chi connectivity index (χ1n) is 6.04. The van der Waals surface area contributed by atoms with E-state index in [1.54, 1.807) is 17.8 Å². The van der Waals surface area contributed by atoms with Crippen LogP contribution in [-0.2, 0) is 4.84 Å². The highest BCUT2D eigenvalue weighted by Crippen LogP contribution is 2.30. The third-order valence-electron chi connectivity index (χ3n) is 2.69. The Morgan fingerprint density at radius 3 is 2.81 bits per heavy atom. The first-order chi connectivity index (χ1) is 10.2. The summed E-state index contributed by atoms with van der Waals surface area (Å²) >= 11 is 7.53. The number of hydroxylamine groups is 1. The molecule has 0 spiro atoms. The van der Waals surface area contributed by atoms with Crippen LogP contribution in [0.2, 0.25) is 5.15 Å². The van der Waals surface area contributed by atoms with Gasteiger partial charge >= 0.3 is 0 Å². The van der Waals surface area contributed by atoms with Crippen LogP contribution in [0, 0.1) is 0 Å². The monoisotopic (exact) mass is 323 g/mol. The summed E-state index contributed by atoms with van der Waals surface area (Å²) in [6, 6.07) is 9.39. The van der Waals surface area contributed by atoms with Crippen molar-refractivity contribution in [2.24, 2.45) is 0 Å². The van der Waals surface area contributed by atoms with Gasteiger partial charge in [-0.2, -0.15) is 0 Å². The number of rotatable bonds is 5. The highest BCUT2D eigenvalue weighted by atomic mass is 35.5. The number of benzene rings is 1. The lowest BCUT2D eigenvalue weighted by molar-refractivity contribution is 0.0538. The molecule has 0 aliphatic carbocycles. The van der Waals surface area contributed by atoms with E-state index >= 15 is 0 Å². The van der Waals surface area contributed by atoms with Crippen molar-refractivity contribution in [3.05, 3.63) is 47.2 Å². The molecule has 7 heteroatoms. The molecule has 1 heterocycles. The minimum atomic E-state index is -0.397. The van der Waals surface area contributed by atoms with E-state index in [2.05, 4.69) is 20.6 Å². The van der Waals surface area contributed by atoms with Gasteiger partial charge in [0.05, 0.1) is 24.0 Å². The standard InChI is InChI=1S/C14H14ClN3O2S/c1-20-18-14(19)9-8-16-13(15)7-11(9)17-10-5-3-4-6-12(10)21-2/h3-8H,1-2H3,(H,16,17)(H,18,19). The summed E-state index contributed by atoms with van der Waals surface area (Å²) in [6.45, 7) is 0. The highest BCUT2D eigenvalue weighted by Gasteiger charge is 2.14. The van der Waals surface area contributed by atoms with Crippen LogP contribution in [0.5, 0.6) is 0 Å². The average Bonchev–Trinajstić information content (AvgIpc) is 2.48. The Balaban J connectivity index is 2.38. The van der Waals surface area contributed by atoms with E-state index in [1.165, 1.54) is 13.3 Å². The molecule has 1 amide bonds. The Hall–Kier alpha value is -1.76. The molecular formula is C14H14ClN3O2S.